The van der Waals surface area contributed by atoms with Gasteiger partial charge in [0.15, 0.2) is 0 Å². The summed E-state index contributed by atoms with van der Waals surface area (Å²) in [4.78, 5) is 2.12. The second-order valence-corrected chi connectivity index (χ2v) is 6.04. The number of aromatic nitrogens is 2. The summed E-state index contributed by atoms with van der Waals surface area (Å²) in [7, 11) is 0. The van der Waals surface area contributed by atoms with Gasteiger partial charge in [0, 0.05) is 36.5 Å². The molecule has 0 aliphatic carbocycles. The second-order valence-electron chi connectivity index (χ2n) is 6.04. The van der Waals surface area contributed by atoms with Crippen LogP contribution in [-0.4, -0.2) is 32.9 Å². The Morgan fingerprint density at radius 3 is 2.57 bits per heavy atom. The predicted molar refractivity (Wildman–Crippen MR) is 83.0 cm³/mol. The minimum absolute atomic E-state index is 0.0446. The Hall–Kier alpha value is -1.79. The molecule has 1 aliphatic rings. The summed E-state index contributed by atoms with van der Waals surface area (Å²) in [5.41, 5.74) is 4.00. The average molecular weight is 321 g/mol. The van der Waals surface area contributed by atoms with E-state index in [-0.39, 0.29) is 18.2 Å². The highest BCUT2D eigenvalue weighted by atomic mass is 19.1. The van der Waals surface area contributed by atoms with E-state index in [0.717, 1.165) is 17.0 Å². The molecule has 1 N–H and O–H groups in total. The van der Waals surface area contributed by atoms with Gasteiger partial charge in [0.05, 0.1) is 18.8 Å². The molecule has 4 nitrogen and oxygen atoms in total. The largest absolute Gasteiger partial charge is 0.394 e. The number of aliphatic hydroxyl groups excluding tert-OH is 1. The van der Waals surface area contributed by atoms with E-state index in [1.807, 2.05) is 13.8 Å². The molecule has 2 aromatic rings. The number of benzene rings is 1. The summed E-state index contributed by atoms with van der Waals surface area (Å²) in [5, 5.41) is 13.5. The molecule has 0 saturated heterocycles. The van der Waals surface area contributed by atoms with E-state index in [2.05, 4.69) is 10.00 Å². The van der Waals surface area contributed by atoms with Crippen LogP contribution in [-0.2, 0) is 26.1 Å². The van der Waals surface area contributed by atoms with Crippen molar-refractivity contribution in [3.05, 3.63) is 51.8 Å². The first-order valence-electron chi connectivity index (χ1n) is 7.83. The lowest BCUT2D eigenvalue weighted by Gasteiger charge is -2.29. The van der Waals surface area contributed by atoms with Crippen molar-refractivity contribution in [3.63, 3.8) is 0 Å². The normalized spacial score (nSPS) is 15.0. The Balaban J connectivity index is 1.82. The van der Waals surface area contributed by atoms with Crippen molar-refractivity contribution in [3.8, 4) is 0 Å². The van der Waals surface area contributed by atoms with Gasteiger partial charge in [0.2, 0.25) is 0 Å². The highest BCUT2D eigenvalue weighted by Crippen LogP contribution is 2.26. The maximum atomic E-state index is 14.0. The summed E-state index contributed by atoms with van der Waals surface area (Å²) in [6.07, 6.45) is 0.516. The lowest BCUT2D eigenvalue weighted by Crippen LogP contribution is -2.31. The van der Waals surface area contributed by atoms with Gasteiger partial charge in [-0.3, -0.25) is 9.58 Å². The molecule has 0 fully saturated rings. The zero-order chi connectivity index (χ0) is 16.6. The van der Waals surface area contributed by atoms with Crippen molar-refractivity contribution in [2.75, 3.05) is 13.2 Å². The first-order chi connectivity index (χ1) is 11.0. The molecule has 1 aliphatic heterocycles. The Bertz CT molecular complexity index is 727. The lowest BCUT2D eigenvalue weighted by molar-refractivity contribution is 0.237. The van der Waals surface area contributed by atoms with Crippen LogP contribution >= 0.6 is 0 Å². The Labute approximate surface area is 134 Å². The van der Waals surface area contributed by atoms with Gasteiger partial charge in [-0.1, -0.05) is 0 Å². The predicted octanol–water partition coefficient (Wildman–Crippen LogP) is 2.33. The standard InChI is InChI=1S/C17H21F2N3O/c1-11-14(12(2)22(20-11)7-8-23)9-21-6-5-13-15(10-21)17(19)4-3-16(13)18/h3-4,23H,5-10H2,1-2H3. The average Bonchev–Trinajstić information content (AvgIpc) is 2.79. The molecular weight excluding hydrogens is 300 g/mol. The summed E-state index contributed by atoms with van der Waals surface area (Å²) in [5.74, 6) is -0.653. The van der Waals surface area contributed by atoms with E-state index in [1.54, 1.807) is 4.68 Å². The first-order valence-corrected chi connectivity index (χ1v) is 7.83. The molecule has 0 saturated carbocycles. The summed E-state index contributed by atoms with van der Waals surface area (Å²) in [6.45, 7) is 6.18. The molecule has 0 atom stereocenters. The van der Waals surface area contributed by atoms with Crippen molar-refractivity contribution in [2.24, 2.45) is 0 Å². The number of rotatable bonds is 4. The number of halogens is 2. The fraction of sp³-hybridized carbons (Fsp3) is 0.471. The SMILES string of the molecule is Cc1nn(CCO)c(C)c1CN1CCc2c(F)ccc(F)c2C1. The highest BCUT2D eigenvalue weighted by molar-refractivity contribution is 5.33. The number of aliphatic hydroxyl groups is 1. The number of fused-ring (bicyclic) bond motifs is 1. The lowest BCUT2D eigenvalue weighted by atomic mass is 9.98. The third-order valence-corrected chi connectivity index (χ3v) is 4.60. The highest BCUT2D eigenvalue weighted by Gasteiger charge is 2.24. The van der Waals surface area contributed by atoms with Crippen LogP contribution in [0.2, 0.25) is 0 Å². The smallest absolute Gasteiger partial charge is 0.128 e. The van der Waals surface area contributed by atoms with E-state index in [0.29, 0.717) is 43.7 Å². The van der Waals surface area contributed by atoms with Gasteiger partial charge in [-0.25, -0.2) is 8.78 Å². The maximum absolute atomic E-state index is 14.0. The van der Waals surface area contributed by atoms with E-state index in [4.69, 9.17) is 5.11 Å². The number of hydrogen-bond donors (Lipinski definition) is 1. The summed E-state index contributed by atoms with van der Waals surface area (Å²) >= 11 is 0. The van der Waals surface area contributed by atoms with Gasteiger partial charge in [-0.2, -0.15) is 5.10 Å². The molecule has 0 amide bonds. The number of hydrogen-bond acceptors (Lipinski definition) is 3. The van der Waals surface area contributed by atoms with Gasteiger partial charge in [0.25, 0.3) is 0 Å². The van der Waals surface area contributed by atoms with E-state index in [9.17, 15) is 8.78 Å². The van der Waals surface area contributed by atoms with Crippen LogP contribution in [0.5, 0.6) is 0 Å². The van der Waals surface area contributed by atoms with Crippen LogP contribution in [0.3, 0.4) is 0 Å². The van der Waals surface area contributed by atoms with Gasteiger partial charge in [0.1, 0.15) is 11.6 Å². The fourth-order valence-electron chi connectivity index (χ4n) is 3.28. The van der Waals surface area contributed by atoms with Gasteiger partial charge >= 0.3 is 0 Å². The minimum Gasteiger partial charge on any atom is -0.394 e. The van der Waals surface area contributed by atoms with Crippen molar-refractivity contribution in [1.29, 1.82) is 0 Å². The molecule has 124 valence electrons. The minimum atomic E-state index is -0.337. The summed E-state index contributed by atoms with van der Waals surface area (Å²) in [6, 6.07) is 2.41. The topological polar surface area (TPSA) is 41.3 Å². The monoisotopic (exact) mass is 321 g/mol. The van der Waals surface area contributed by atoms with Gasteiger partial charge in [-0.05, 0) is 38.0 Å². The molecule has 23 heavy (non-hydrogen) atoms. The third-order valence-electron chi connectivity index (χ3n) is 4.60. The Morgan fingerprint density at radius 1 is 1.17 bits per heavy atom. The molecule has 0 bridgehead atoms. The van der Waals surface area contributed by atoms with Crippen LogP contribution in [0, 0.1) is 25.5 Å². The Kier molecular flexibility index (Phi) is 4.46. The van der Waals surface area contributed by atoms with Crippen LogP contribution in [0.1, 0.15) is 28.1 Å². The number of nitrogens with zero attached hydrogens (tertiary/aromatic N) is 3. The maximum Gasteiger partial charge on any atom is 0.128 e. The van der Waals surface area contributed by atoms with Gasteiger partial charge < -0.3 is 5.11 Å². The van der Waals surface area contributed by atoms with Crippen molar-refractivity contribution in [2.45, 2.75) is 39.9 Å². The molecule has 3 rings (SSSR count). The zero-order valence-electron chi connectivity index (χ0n) is 13.4. The molecule has 0 radical (unpaired) electrons. The molecule has 1 aromatic heterocycles. The third kappa shape index (κ3) is 3.01. The van der Waals surface area contributed by atoms with Crippen LogP contribution in [0.15, 0.2) is 12.1 Å². The molecule has 0 spiro atoms. The Morgan fingerprint density at radius 2 is 1.87 bits per heavy atom. The van der Waals surface area contributed by atoms with E-state index >= 15 is 0 Å². The first kappa shape index (κ1) is 16.1. The van der Waals surface area contributed by atoms with E-state index in [1.165, 1.54) is 12.1 Å². The molecule has 1 aromatic carbocycles. The van der Waals surface area contributed by atoms with Crippen LogP contribution in [0.25, 0.3) is 0 Å². The van der Waals surface area contributed by atoms with Gasteiger partial charge in [-0.15, -0.1) is 0 Å². The van der Waals surface area contributed by atoms with Crippen molar-refractivity contribution >= 4 is 0 Å². The second kappa shape index (κ2) is 6.37. The van der Waals surface area contributed by atoms with Crippen molar-refractivity contribution in [1.82, 2.24) is 14.7 Å². The quantitative estimate of drug-likeness (QED) is 0.940. The molecule has 0 unspecified atom stereocenters. The fourth-order valence-corrected chi connectivity index (χ4v) is 3.28. The van der Waals surface area contributed by atoms with E-state index < -0.39 is 0 Å². The summed E-state index contributed by atoms with van der Waals surface area (Å²) < 4.78 is 29.6. The van der Waals surface area contributed by atoms with Crippen molar-refractivity contribution < 1.29 is 13.9 Å². The molecular formula is C17H21F2N3O. The van der Waals surface area contributed by atoms with Crippen LogP contribution in [0.4, 0.5) is 8.78 Å². The molecule has 2 heterocycles. The van der Waals surface area contributed by atoms with Crippen LogP contribution < -0.4 is 0 Å². The number of aryl methyl sites for hydroxylation is 1. The molecule has 6 heteroatoms. The zero-order valence-corrected chi connectivity index (χ0v) is 13.4.